The van der Waals surface area contributed by atoms with Crippen LogP contribution in [0.3, 0.4) is 0 Å². The van der Waals surface area contributed by atoms with Crippen LogP contribution in [0.2, 0.25) is 0 Å². The van der Waals surface area contributed by atoms with Crippen molar-refractivity contribution in [2.45, 2.75) is 18.8 Å². The van der Waals surface area contributed by atoms with Gasteiger partial charge in [0, 0.05) is 28.7 Å². The highest BCUT2D eigenvalue weighted by Crippen LogP contribution is 2.58. The number of anilines is 6. The Kier molecular flexibility index (Phi) is 7.91. The molecule has 4 amide bonds. The third-order valence-electron chi connectivity index (χ3n) is 11.3. The van der Waals surface area contributed by atoms with Gasteiger partial charge in [0.1, 0.15) is 5.75 Å². The van der Waals surface area contributed by atoms with Crippen molar-refractivity contribution >= 4 is 57.8 Å². The van der Waals surface area contributed by atoms with Crippen LogP contribution in [0.15, 0.2) is 145 Å². The van der Waals surface area contributed by atoms with Crippen molar-refractivity contribution in [3.05, 3.63) is 151 Å². The average molecular weight is 701 g/mol. The molecule has 0 unspecified atom stereocenters. The van der Waals surface area contributed by atoms with Crippen LogP contribution in [0, 0.1) is 29.6 Å². The van der Waals surface area contributed by atoms with Crippen LogP contribution >= 0.6 is 0 Å². The quantitative estimate of drug-likeness (QED) is 0.117. The molecule has 262 valence electrons. The van der Waals surface area contributed by atoms with Crippen LogP contribution in [0.25, 0.3) is 0 Å². The number of hydrogen-bond donors (Lipinski definition) is 3. The third-order valence-corrected chi connectivity index (χ3v) is 11.3. The Morgan fingerprint density at radius 1 is 0.491 bits per heavy atom. The number of rotatable bonds is 7. The Labute approximate surface area is 306 Å². The molecule has 9 rings (SSSR count). The summed E-state index contributed by atoms with van der Waals surface area (Å²) in [4.78, 5) is 59.9. The Hall–Kier alpha value is -6.48. The van der Waals surface area contributed by atoms with E-state index in [2.05, 4.69) is 10.6 Å². The molecule has 0 spiro atoms. The number of nitrogens with zero attached hydrogens (tertiary/aromatic N) is 2. The summed E-state index contributed by atoms with van der Waals surface area (Å²) in [6.07, 6.45) is 2.68. The molecule has 2 heterocycles. The fourth-order valence-electron chi connectivity index (χ4n) is 8.92. The number of para-hydroxylation sites is 2. The average Bonchev–Trinajstić information content (AvgIpc) is 3.59. The molecule has 2 saturated heterocycles. The van der Waals surface area contributed by atoms with Crippen molar-refractivity contribution in [2.24, 2.45) is 29.6 Å². The summed E-state index contributed by atoms with van der Waals surface area (Å²) in [7, 11) is 0. The predicted octanol–water partition coefficient (Wildman–Crippen LogP) is 7.92. The van der Waals surface area contributed by atoms with E-state index >= 15 is 0 Å². The Morgan fingerprint density at radius 2 is 0.962 bits per heavy atom. The van der Waals surface area contributed by atoms with Gasteiger partial charge >= 0.3 is 0 Å². The number of carbonyl (C=O) groups is 4. The SMILES string of the molecule is O=C1[C@H]2[C@H](CC=C3[C@H]2C[C@H]2C(=O)N(c4ccc(Nc5ccccc5)cc4)C(=O)[C@H]2[C@H]3c2ccc(O)cc2)C(=O)N1c1ccc(Nc2ccccc2)cc1. The minimum atomic E-state index is -0.693. The first kappa shape index (κ1) is 32.4. The molecule has 0 radical (unpaired) electrons. The molecule has 5 aromatic rings. The molecular formula is C44H36N4O5. The van der Waals surface area contributed by atoms with Gasteiger partial charge in [-0.1, -0.05) is 60.2 Å². The minimum Gasteiger partial charge on any atom is -0.508 e. The minimum absolute atomic E-state index is 0.0900. The molecule has 4 aliphatic rings. The summed E-state index contributed by atoms with van der Waals surface area (Å²) >= 11 is 0. The normalized spacial score (nSPS) is 24.7. The van der Waals surface area contributed by atoms with Crippen molar-refractivity contribution in [2.75, 3.05) is 20.4 Å². The lowest BCUT2D eigenvalue weighted by Gasteiger charge is -2.44. The highest BCUT2D eigenvalue weighted by atomic mass is 16.3. The monoisotopic (exact) mass is 700 g/mol. The van der Waals surface area contributed by atoms with Crippen LogP contribution in [0.5, 0.6) is 5.75 Å². The van der Waals surface area contributed by atoms with E-state index in [0.29, 0.717) is 17.8 Å². The number of carbonyl (C=O) groups excluding carboxylic acids is 4. The topological polar surface area (TPSA) is 119 Å². The van der Waals surface area contributed by atoms with Crippen molar-refractivity contribution in [1.82, 2.24) is 0 Å². The molecule has 2 aliphatic heterocycles. The summed E-state index contributed by atoms with van der Waals surface area (Å²) in [6.45, 7) is 0. The van der Waals surface area contributed by atoms with Gasteiger partial charge in [0.2, 0.25) is 23.6 Å². The third kappa shape index (κ3) is 5.56. The standard InChI is InChI=1S/C44H36N4O5/c49-33-21-11-26(12-22-33)38-34-23-24-35-39(43(52)47(41(35)50)31-17-13-29(14-18-31)45-27-7-3-1-4-8-27)36(34)25-37-40(38)44(53)48(42(37)51)32-19-15-30(16-20-32)46-28-9-5-2-6-10-28/h1-23,35-40,45-46,49H,24-25H2/t35-,36+,37+,38-,39-,40+/m0/s1. The molecule has 1 saturated carbocycles. The second kappa shape index (κ2) is 12.9. The van der Waals surface area contributed by atoms with Gasteiger partial charge in [-0.05, 0) is 109 Å². The predicted molar refractivity (Wildman–Crippen MR) is 203 cm³/mol. The second-order valence-electron chi connectivity index (χ2n) is 14.2. The Bertz CT molecular complexity index is 2260. The van der Waals surface area contributed by atoms with Crippen molar-refractivity contribution in [1.29, 1.82) is 0 Å². The number of nitrogens with one attached hydrogen (secondary N) is 2. The highest BCUT2D eigenvalue weighted by Gasteiger charge is 2.62. The van der Waals surface area contributed by atoms with Gasteiger partial charge in [-0.15, -0.1) is 0 Å². The van der Waals surface area contributed by atoms with E-state index in [0.717, 1.165) is 33.9 Å². The number of amides is 4. The number of phenols is 1. The lowest BCUT2D eigenvalue weighted by atomic mass is 9.57. The molecule has 53 heavy (non-hydrogen) atoms. The first-order valence-electron chi connectivity index (χ1n) is 17.9. The van der Waals surface area contributed by atoms with Crippen LogP contribution in [-0.2, 0) is 19.2 Å². The number of imide groups is 2. The van der Waals surface area contributed by atoms with Crippen LogP contribution in [0.4, 0.5) is 34.1 Å². The molecule has 6 atom stereocenters. The van der Waals surface area contributed by atoms with Crippen molar-refractivity contribution in [3.63, 3.8) is 0 Å². The number of benzene rings is 5. The molecule has 9 heteroatoms. The van der Waals surface area contributed by atoms with Gasteiger partial charge in [0.05, 0.1) is 35.0 Å². The first-order valence-corrected chi connectivity index (χ1v) is 17.9. The maximum Gasteiger partial charge on any atom is 0.238 e. The fraction of sp³-hybridized carbons (Fsp3) is 0.182. The van der Waals surface area contributed by atoms with Gasteiger partial charge in [-0.25, -0.2) is 0 Å². The maximum absolute atomic E-state index is 14.5. The number of allylic oxidation sites excluding steroid dienone is 2. The van der Waals surface area contributed by atoms with Gasteiger partial charge in [0.15, 0.2) is 0 Å². The summed E-state index contributed by atoms with van der Waals surface area (Å²) in [6, 6.07) is 40.7. The zero-order chi connectivity index (χ0) is 36.2. The van der Waals surface area contributed by atoms with Crippen LogP contribution < -0.4 is 20.4 Å². The van der Waals surface area contributed by atoms with E-state index in [4.69, 9.17) is 0 Å². The van der Waals surface area contributed by atoms with E-state index in [1.54, 1.807) is 48.5 Å². The Balaban J connectivity index is 1.03. The van der Waals surface area contributed by atoms with Crippen LogP contribution in [-0.4, -0.2) is 28.7 Å². The van der Waals surface area contributed by atoms with E-state index in [-0.39, 0.29) is 35.8 Å². The second-order valence-corrected chi connectivity index (χ2v) is 14.2. The number of phenolic OH excluding ortho intramolecular Hbond substituents is 1. The number of hydrogen-bond acceptors (Lipinski definition) is 7. The zero-order valence-corrected chi connectivity index (χ0v) is 28.6. The molecular weight excluding hydrogens is 665 g/mol. The summed E-state index contributed by atoms with van der Waals surface area (Å²) < 4.78 is 0. The fourth-order valence-corrected chi connectivity index (χ4v) is 8.92. The molecule has 2 aliphatic carbocycles. The summed E-state index contributed by atoms with van der Waals surface area (Å²) in [5, 5.41) is 16.8. The lowest BCUT2D eigenvalue weighted by Crippen LogP contribution is -2.43. The number of fused-ring (bicyclic) bond motifs is 4. The van der Waals surface area contributed by atoms with Gasteiger partial charge in [-0.2, -0.15) is 0 Å². The molecule has 3 fully saturated rings. The molecule has 0 aromatic heterocycles. The summed E-state index contributed by atoms with van der Waals surface area (Å²) in [5.74, 6) is -4.55. The zero-order valence-electron chi connectivity index (χ0n) is 28.6. The maximum atomic E-state index is 14.5. The van der Waals surface area contributed by atoms with Gasteiger partial charge in [-0.3, -0.25) is 29.0 Å². The van der Waals surface area contributed by atoms with Crippen molar-refractivity contribution < 1.29 is 24.3 Å². The Morgan fingerprint density at radius 3 is 1.49 bits per heavy atom. The van der Waals surface area contributed by atoms with E-state index < -0.39 is 35.5 Å². The smallest absolute Gasteiger partial charge is 0.238 e. The number of aromatic hydroxyl groups is 1. The van der Waals surface area contributed by atoms with E-state index in [9.17, 15) is 24.3 Å². The molecule has 5 aromatic carbocycles. The summed E-state index contributed by atoms with van der Waals surface area (Å²) in [5.41, 5.74) is 6.16. The van der Waals surface area contributed by atoms with Gasteiger partial charge in [0.25, 0.3) is 0 Å². The molecule has 9 nitrogen and oxygen atoms in total. The first-order chi connectivity index (χ1) is 25.9. The molecule has 3 N–H and O–H groups in total. The van der Waals surface area contributed by atoms with Crippen LogP contribution in [0.1, 0.15) is 24.3 Å². The van der Waals surface area contributed by atoms with E-state index in [1.165, 1.54) is 9.80 Å². The highest BCUT2D eigenvalue weighted by molar-refractivity contribution is 6.24. The molecule has 0 bridgehead atoms. The lowest BCUT2D eigenvalue weighted by molar-refractivity contribution is -0.126. The largest absolute Gasteiger partial charge is 0.508 e. The van der Waals surface area contributed by atoms with Gasteiger partial charge < -0.3 is 15.7 Å². The van der Waals surface area contributed by atoms with Crippen molar-refractivity contribution in [3.8, 4) is 5.75 Å². The van der Waals surface area contributed by atoms with E-state index in [1.807, 2.05) is 91.0 Å².